The molecule has 2 heterocycles. The molecular weight excluding hydrogens is 335 g/mol. The minimum absolute atomic E-state index is 0.227. The van der Waals surface area contributed by atoms with Crippen molar-refractivity contribution < 1.29 is 13.6 Å². The van der Waals surface area contributed by atoms with Crippen molar-refractivity contribution in [2.75, 3.05) is 5.32 Å². The first-order valence-electron chi connectivity index (χ1n) is 6.82. The number of anilines is 1. The predicted molar refractivity (Wildman–Crippen MR) is 90.2 cm³/mol. The summed E-state index contributed by atoms with van der Waals surface area (Å²) in [5.41, 5.74) is 1.97. The van der Waals surface area contributed by atoms with Crippen LogP contribution in [0.25, 0.3) is 0 Å². The van der Waals surface area contributed by atoms with Gasteiger partial charge in [-0.05, 0) is 29.8 Å². The molecule has 7 heteroatoms. The van der Waals surface area contributed by atoms with Gasteiger partial charge in [0, 0.05) is 16.9 Å². The van der Waals surface area contributed by atoms with Crippen LogP contribution < -0.4 is 5.32 Å². The molecule has 0 unspecified atom stereocenters. The first-order valence-corrected chi connectivity index (χ1v) is 8.85. The Kier molecular flexibility index (Phi) is 5.09. The molecule has 0 fully saturated rings. The van der Waals surface area contributed by atoms with Crippen LogP contribution in [0.3, 0.4) is 0 Å². The van der Waals surface area contributed by atoms with Gasteiger partial charge in [0.2, 0.25) is 0 Å². The second-order valence-electron chi connectivity index (χ2n) is 4.69. The second-order valence-corrected chi connectivity index (χ2v) is 6.54. The van der Waals surface area contributed by atoms with Gasteiger partial charge in [0.1, 0.15) is 5.82 Å². The number of aromatic nitrogens is 1. The molecule has 1 aromatic carbocycles. The van der Waals surface area contributed by atoms with Crippen LogP contribution in [0.4, 0.5) is 9.52 Å². The molecule has 0 atom stereocenters. The third-order valence-electron chi connectivity index (χ3n) is 2.95. The lowest BCUT2D eigenvalue weighted by Gasteiger charge is -2.00. The van der Waals surface area contributed by atoms with E-state index < -0.39 is 0 Å². The maximum absolute atomic E-state index is 12.8. The van der Waals surface area contributed by atoms with Crippen LogP contribution in [0.1, 0.15) is 21.8 Å². The lowest BCUT2D eigenvalue weighted by atomic mass is 10.2. The zero-order valence-electron chi connectivity index (χ0n) is 12.0. The van der Waals surface area contributed by atoms with Gasteiger partial charge in [0.15, 0.2) is 10.9 Å². The number of nitrogens with zero attached hydrogens (tertiary/aromatic N) is 1. The van der Waals surface area contributed by atoms with Crippen molar-refractivity contribution in [1.29, 1.82) is 0 Å². The normalized spacial score (nSPS) is 10.7. The zero-order chi connectivity index (χ0) is 16.1. The van der Waals surface area contributed by atoms with E-state index in [4.69, 9.17) is 4.42 Å². The number of amides is 1. The molecular formula is C16H13FN2O2S2. The Hall–Kier alpha value is -2.12. The van der Waals surface area contributed by atoms with Gasteiger partial charge in [-0.1, -0.05) is 12.1 Å². The highest BCUT2D eigenvalue weighted by Gasteiger charge is 2.11. The number of carbonyl (C=O) groups is 1. The van der Waals surface area contributed by atoms with Crippen molar-refractivity contribution in [3.63, 3.8) is 0 Å². The Morgan fingerprint density at radius 3 is 2.83 bits per heavy atom. The fourth-order valence-corrected chi connectivity index (χ4v) is 3.55. The molecule has 0 aliphatic carbocycles. The molecule has 2 aromatic heterocycles. The van der Waals surface area contributed by atoms with Gasteiger partial charge in [-0.3, -0.25) is 10.1 Å². The number of thiazole rings is 1. The summed E-state index contributed by atoms with van der Waals surface area (Å²) in [5.74, 6) is 1.23. The molecule has 1 amide bonds. The smallest absolute Gasteiger partial charge is 0.293 e. The fraction of sp³-hybridized carbons (Fsp3) is 0.125. The van der Waals surface area contributed by atoms with Crippen LogP contribution in [0.15, 0.2) is 52.5 Å². The molecule has 0 aliphatic heterocycles. The molecule has 118 valence electrons. The third-order valence-corrected chi connectivity index (χ3v) is 4.79. The Morgan fingerprint density at radius 2 is 2.09 bits per heavy atom. The monoisotopic (exact) mass is 348 g/mol. The summed E-state index contributed by atoms with van der Waals surface area (Å²) in [6.45, 7) is 0. The average molecular weight is 348 g/mol. The highest BCUT2D eigenvalue weighted by Crippen LogP contribution is 2.22. The van der Waals surface area contributed by atoms with Gasteiger partial charge in [-0.2, -0.15) is 11.8 Å². The summed E-state index contributed by atoms with van der Waals surface area (Å²) in [6.07, 6.45) is 1.45. The minimum atomic E-state index is -0.310. The standard InChI is InChI=1S/C16H13FN2O2S2/c17-12-5-3-11(4-6-12)8-22-9-13-10-23-16(18-13)19-15(20)14-2-1-7-21-14/h1-7,10H,8-9H2,(H,18,19,20). The molecule has 3 aromatic rings. The summed E-state index contributed by atoms with van der Waals surface area (Å²) in [4.78, 5) is 16.2. The van der Waals surface area contributed by atoms with E-state index in [9.17, 15) is 9.18 Å². The summed E-state index contributed by atoms with van der Waals surface area (Å²) in [5, 5.41) is 5.16. The number of nitrogens with one attached hydrogen (secondary N) is 1. The molecule has 0 aliphatic rings. The topological polar surface area (TPSA) is 55.1 Å². The van der Waals surface area contributed by atoms with Crippen molar-refractivity contribution in [1.82, 2.24) is 4.98 Å². The largest absolute Gasteiger partial charge is 0.459 e. The number of rotatable bonds is 6. The molecule has 0 saturated carbocycles. The maximum atomic E-state index is 12.8. The van der Waals surface area contributed by atoms with E-state index in [-0.39, 0.29) is 17.5 Å². The Balaban J connectivity index is 1.49. The predicted octanol–water partition coefficient (Wildman–Crippen LogP) is 4.56. The summed E-state index contributed by atoms with van der Waals surface area (Å²) < 4.78 is 17.9. The van der Waals surface area contributed by atoms with Gasteiger partial charge < -0.3 is 4.42 Å². The van der Waals surface area contributed by atoms with Crippen molar-refractivity contribution in [3.05, 3.63) is 70.9 Å². The van der Waals surface area contributed by atoms with Crippen molar-refractivity contribution >= 4 is 34.1 Å². The number of halogens is 1. The second kappa shape index (κ2) is 7.43. The lowest BCUT2D eigenvalue weighted by Crippen LogP contribution is -2.10. The quantitative estimate of drug-likeness (QED) is 0.709. The van der Waals surface area contributed by atoms with Crippen LogP contribution in [0, 0.1) is 5.82 Å². The van der Waals surface area contributed by atoms with E-state index >= 15 is 0 Å². The van der Waals surface area contributed by atoms with E-state index in [1.165, 1.54) is 29.7 Å². The Morgan fingerprint density at radius 1 is 1.26 bits per heavy atom. The van der Waals surface area contributed by atoms with Crippen LogP contribution in [-0.4, -0.2) is 10.9 Å². The molecule has 23 heavy (non-hydrogen) atoms. The first kappa shape index (κ1) is 15.8. The molecule has 1 N–H and O–H groups in total. The number of hydrogen-bond donors (Lipinski definition) is 1. The molecule has 0 bridgehead atoms. The molecule has 4 nitrogen and oxygen atoms in total. The van der Waals surface area contributed by atoms with Crippen LogP contribution in [-0.2, 0) is 11.5 Å². The number of furan rings is 1. The van der Waals surface area contributed by atoms with Gasteiger partial charge >= 0.3 is 0 Å². The maximum Gasteiger partial charge on any atom is 0.293 e. The number of thioether (sulfide) groups is 1. The van der Waals surface area contributed by atoms with E-state index in [0.717, 1.165) is 22.8 Å². The zero-order valence-corrected chi connectivity index (χ0v) is 13.6. The summed E-state index contributed by atoms with van der Waals surface area (Å²) in [7, 11) is 0. The van der Waals surface area contributed by atoms with Gasteiger partial charge in [-0.25, -0.2) is 9.37 Å². The number of benzene rings is 1. The highest BCUT2D eigenvalue weighted by molar-refractivity contribution is 7.97. The highest BCUT2D eigenvalue weighted by atomic mass is 32.2. The van der Waals surface area contributed by atoms with Gasteiger partial charge in [-0.15, -0.1) is 11.3 Å². The summed E-state index contributed by atoms with van der Waals surface area (Å²) >= 11 is 3.06. The van der Waals surface area contributed by atoms with Crippen molar-refractivity contribution in [2.45, 2.75) is 11.5 Å². The van der Waals surface area contributed by atoms with E-state index in [1.54, 1.807) is 36.0 Å². The summed E-state index contributed by atoms with van der Waals surface area (Å²) in [6, 6.07) is 9.73. The number of hydrogen-bond acceptors (Lipinski definition) is 5. The third kappa shape index (κ3) is 4.43. The minimum Gasteiger partial charge on any atom is -0.459 e. The SMILES string of the molecule is O=C(Nc1nc(CSCc2ccc(F)cc2)cs1)c1ccco1. The number of carbonyl (C=O) groups excluding carboxylic acids is 1. The van der Waals surface area contributed by atoms with Crippen LogP contribution in [0.5, 0.6) is 0 Å². The lowest BCUT2D eigenvalue weighted by molar-refractivity contribution is 0.0996. The average Bonchev–Trinajstić information content (AvgIpc) is 3.21. The van der Waals surface area contributed by atoms with Gasteiger partial charge in [0.05, 0.1) is 12.0 Å². The van der Waals surface area contributed by atoms with Crippen LogP contribution >= 0.6 is 23.1 Å². The van der Waals surface area contributed by atoms with Crippen LogP contribution in [0.2, 0.25) is 0 Å². The first-order chi connectivity index (χ1) is 11.2. The fourth-order valence-electron chi connectivity index (χ4n) is 1.85. The Bertz CT molecular complexity index is 770. The van der Waals surface area contributed by atoms with E-state index in [1.807, 2.05) is 5.38 Å². The van der Waals surface area contributed by atoms with Gasteiger partial charge in [0.25, 0.3) is 5.91 Å². The Labute approximate surface area is 140 Å². The van der Waals surface area contributed by atoms with Crippen molar-refractivity contribution in [2.24, 2.45) is 0 Å². The molecule has 0 saturated heterocycles. The molecule has 0 radical (unpaired) electrons. The van der Waals surface area contributed by atoms with E-state index in [0.29, 0.717) is 5.13 Å². The van der Waals surface area contributed by atoms with E-state index in [2.05, 4.69) is 10.3 Å². The molecule has 3 rings (SSSR count). The van der Waals surface area contributed by atoms with Crippen molar-refractivity contribution in [3.8, 4) is 0 Å². The molecule has 0 spiro atoms.